The number of halogens is 1. The van der Waals surface area contributed by atoms with Crippen LogP contribution in [-0.2, 0) is 0 Å². The molecule has 0 aromatic carbocycles. The van der Waals surface area contributed by atoms with Crippen molar-refractivity contribution in [3.63, 3.8) is 0 Å². The summed E-state index contributed by atoms with van der Waals surface area (Å²) in [6.45, 7) is 5.31. The highest BCUT2D eigenvalue weighted by Crippen LogP contribution is 2.21. The number of nitrogens with zero attached hydrogens (tertiary/aromatic N) is 3. The summed E-state index contributed by atoms with van der Waals surface area (Å²) in [6.07, 6.45) is 0.910. The predicted octanol–water partition coefficient (Wildman–Crippen LogP) is 1.89. The van der Waals surface area contributed by atoms with Gasteiger partial charge in [-0.25, -0.2) is 9.97 Å². The molecule has 1 unspecified atom stereocenters. The molecule has 2 rings (SSSR count). The zero-order chi connectivity index (χ0) is 10.8. The SMILES string of the molecule is Cc1cc(C)nc(N2CCC(CF)C2)n1. The van der Waals surface area contributed by atoms with E-state index in [0.717, 1.165) is 36.8 Å². The Morgan fingerprint density at radius 3 is 2.60 bits per heavy atom. The van der Waals surface area contributed by atoms with Crippen LogP contribution in [0.25, 0.3) is 0 Å². The maximum absolute atomic E-state index is 12.5. The Bertz CT molecular complexity index is 333. The van der Waals surface area contributed by atoms with E-state index in [-0.39, 0.29) is 12.6 Å². The lowest BCUT2D eigenvalue weighted by Gasteiger charge is -2.16. The highest BCUT2D eigenvalue weighted by atomic mass is 19.1. The van der Waals surface area contributed by atoms with Gasteiger partial charge in [-0.05, 0) is 26.3 Å². The Morgan fingerprint density at radius 2 is 2.07 bits per heavy atom. The van der Waals surface area contributed by atoms with Gasteiger partial charge in [0.15, 0.2) is 0 Å². The summed E-state index contributed by atoms with van der Waals surface area (Å²) in [5, 5.41) is 0. The molecule has 3 nitrogen and oxygen atoms in total. The lowest BCUT2D eigenvalue weighted by atomic mass is 10.1. The summed E-state index contributed by atoms with van der Waals surface area (Å²) < 4.78 is 12.5. The largest absolute Gasteiger partial charge is 0.340 e. The van der Waals surface area contributed by atoms with E-state index >= 15 is 0 Å². The summed E-state index contributed by atoms with van der Waals surface area (Å²) in [7, 11) is 0. The molecule has 1 saturated heterocycles. The van der Waals surface area contributed by atoms with Crippen LogP contribution in [0.5, 0.6) is 0 Å². The molecule has 82 valence electrons. The molecule has 2 heterocycles. The second-order valence-electron chi connectivity index (χ2n) is 4.21. The van der Waals surface area contributed by atoms with Gasteiger partial charge in [-0.1, -0.05) is 0 Å². The van der Waals surface area contributed by atoms with Crippen LogP contribution < -0.4 is 4.90 Å². The van der Waals surface area contributed by atoms with Crippen molar-refractivity contribution in [3.05, 3.63) is 17.5 Å². The van der Waals surface area contributed by atoms with Crippen LogP contribution in [0.3, 0.4) is 0 Å². The highest BCUT2D eigenvalue weighted by molar-refractivity contribution is 5.33. The Labute approximate surface area is 89.3 Å². The van der Waals surface area contributed by atoms with E-state index in [2.05, 4.69) is 14.9 Å². The molecule has 1 aliphatic rings. The van der Waals surface area contributed by atoms with Crippen molar-refractivity contribution in [2.24, 2.45) is 5.92 Å². The van der Waals surface area contributed by atoms with Crippen molar-refractivity contribution in [3.8, 4) is 0 Å². The van der Waals surface area contributed by atoms with E-state index < -0.39 is 0 Å². The van der Waals surface area contributed by atoms with Crippen molar-refractivity contribution in [2.45, 2.75) is 20.3 Å². The van der Waals surface area contributed by atoms with Crippen molar-refractivity contribution in [1.29, 1.82) is 0 Å². The average molecular weight is 209 g/mol. The van der Waals surface area contributed by atoms with Gasteiger partial charge in [-0.2, -0.15) is 0 Å². The fourth-order valence-electron chi connectivity index (χ4n) is 1.99. The van der Waals surface area contributed by atoms with Gasteiger partial charge in [0.1, 0.15) is 0 Å². The van der Waals surface area contributed by atoms with Crippen LogP contribution in [-0.4, -0.2) is 29.7 Å². The predicted molar refractivity (Wildman–Crippen MR) is 57.8 cm³/mol. The van der Waals surface area contributed by atoms with Gasteiger partial charge in [0.05, 0.1) is 6.67 Å². The van der Waals surface area contributed by atoms with Gasteiger partial charge < -0.3 is 4.90 Å². The second kappa shape index (κ2) is 4.13. The molecule has 1 aromatic heterocycles. The van der Waals surface area contributed by atoms with Gasteiger partial charge in [0.2, 0.25) is 5.95 Å². The molecule has 0 aliphatic carbocycles. The van der Waals surface area contributed by atoms with Crippen LogP contribution in [0.1, 0.15) is 17.8 Å². The van der Waals surface area contributed by atoms with Crippen LogP contribution in [0, 0.1) is 19.8 Å². The number of anilines is 1. The molecule has 0 bridgehead atoms. The molecule has 0 amide bonds. The quantitative estimate of drug-likeness (QED) is 0.744. The van der Waals surface area contributed by atoms with E-state index in [1.165, 1.54) is 0 Å². The van der Waals surface area contributed by atoms with Crippen molar-refractivity contribution in [1.82, 2.24) is 9.97 Å². The summed E-state index contributed by atoms with van der Waals surface area (Å²) in [5.41, 5.74) is 1.95. The van der Waals surface area contributed by atoms with Crippen LogP contribution in [0.4, 0.5) is 10.3 Å². The van der Waals surface area contributed by atoms with Gasteiger partial charge in [0.25, 0.3) is 0 Å². The van der Waals surface area contributed by atoms with Gasteiger partial charge in [0, 0.05) is 30.4 Å². The summed E-state index contributed by atoms with van der Waals surface area (Å²) in [6, 6.07) is 1.95. The highest BCUT2D eigenvalue weighted by Gasteiger charge is 2.24. The van der Waals surface area contributed by atoms with Crippen molar-refractivity contribution in [2.75, 3.05) is 24.7 Å². The lowest BCUT2D eigenvalue weighted by Crippen LogP contribution is -2.23. The molecule has 1 fully saturated rings. The average Bonchev–Trinajstić information content (AvgIpc) is 2.64. The third-order valence-corrected chi connectivity index (χ3v) is 2.76. The molecule has 0 N–H and O–H groups in total. The molecule has 1 atom stereocenters. The fourth-order valence-corrected chi connectivity index (χ4v) is 1.99. The maximum Gasteiger partial charge on any atom is 0.225 e. The van der Waals surface area contributed by atoms with Gasteiger partial charge >= 0.3 is 0 Å². The standard InChI is InChI=1S/C11H16FN3/c1-8-5-9(2)14-11(13-8)15-4-3-10(6-12)7-15/h5,10H,3-4,6-7H2,1-2H3. The summed E-state index contributed by atoms with van der Waals surface area (Å²) in [5.74, 6) is 0.915. The fraction of sp³-hybridized carbons (Fsp3) is 0.636. The molecular weight excluding hydrogens is 193 g/mol. The normalized spacial score (nSPS) is 21.0. The monoisotopic (exact) mass is 209 g/mol. The van der Waals surface area contributed by atoms with Crippen LogP contribution >= 0.6 is 0 Å². The topological polar surface area (TPSA) is 29.0 Å². The van der Waals surface area contributed by atoms with Crippen LogP contribution in [0.15, 0.2) is 6.07 Å². The lowest BCUT2D eigenvalue weighted by molar-refractivity contribution is 0.384. The minimum atomic E-state index is -0.235. The first-order chi connectivity index (χ1) is 7.19. The molecular formula is C11H16FN3. The first kappa shape index (κ1) is 10.3. The van der Waals surface area contributed by atoms with Crippen molar-refractivity contribution >= 4 is 5.95 Å². The third kappa shape index (κ3) is 2.25. The summed E-state index contributed by atoms with van der Waals surface area (Å²) in [4.78, 5) is 10.8. The number of hydrogen-bond acceptors (Lipinski definition) is 3. The number of hydrogen-bond donors (Lipinski definition) is 0. The minimum Gasteiger partial charge on any atom is -0.340 e. The Balaban J connectivity index is 2.16. The third-order valence-electron chi connectivity index (χ3n) is 2.76. The summed E-state index contributed by atoms with van der Waals surface area (Å²) >= 11 is 0. The first-order valence-electron chi connectivity index (χ1n) is 5.32. The Kier molecular flexibility index (Phi) is 2.84. The van der Waals surface area contributed by atoms with Crippen molar-refractivity contribution < 1.29 is 4.39 Å². The first-order valence-corrected chi connectivity index (χ1v) is 5.32. The number of alkyl halides is 1. The molecule has 0 radical (unpaired) electrons. The van der Waals surface area contributed by atoms with E-state index in [0.29, 0.717) is 0 Å². The molecule has 0 spiro atoms. The van der Waals surface area contributed by atoms with E-state index in [9.17, 15) is 4.39 Å². The maximum atomic E-state index is 12.5. The number of rotatable bonds is 2. The zero-order valence-corrected chi connectivity index (χ0v) is 9.20. The van der Waals surface area contributed by atoms with Crippen LogP contribution in [0.2, 0.25) is 0 Å². The Morgan fingerprint density at radius 1 is 1.40 bits per heavy atom. The number of aryl methyl sites for hydroxylation is 2. The molecule has 0 saturated carbocycles. The van der Waals surface area contributed by atoms with Gasteiger partial charge in [-0.15, -0.1) is 0 Å². The minimum absolute atomic E-state index is 0.161. The molecule has 1 aromatic rings. The Hall–Kier alpha value is -1.19. The van der Waals surface area contributed by atoms with Gasteiger partial charge in [-0.3, -0.25) is 4.39 Å². The van der Waals surface area contributed by atoms with E-state index in [1.54, 1.807) is 0 Å². The molecule has 4 heteroatoms. The smallest absolute Gasteiger partial charge is 0.225 e. The zero-order valence-electron chi connectivity index (χ0n) is 9.20. The second-order valence-corrected chi connectivity index (χ2v) is 4.21. The molecule has 15 heavy (non-hydrogen) atoms. The number of aromatic nitrogens is 2. The van der Waals surface area contributed by atoms with E-state index in [1.807, 2.05) is 19.9 Å². The molecule has 1 aliphatic heterocycles. The van der Waals surface area contributed by atoms with E-state index in [4.69, 9.17) is 0 Å².